The Hall–Kier alpha value is -3.39. The Balaban J connectivity index is 1.64. The molecule has 1 aliphatic heterocycles. The van der Waals surface area contributed by atoms with Crippen molar-refractivity contribution in [2.24, 2.45) is 0 Å². The topological polar surface area (TPSA) is 88.2 Å². The number of rotatable bonds is 4. The number of halogens is 1. The number of amides is 2. The van der Waals surface area contributed by atoms with Gasteiger partial charge in [0, 0.05) is 24.6 Å². The Morgan fingerprint density at radius 1 is 1.21 bits per heavy atom. The maximum Gasteiger partial charge on any atom is 0.234 e. The summed E-state index contributed by atoms with van der Waals surface area (Å²) in [4.78, 5) is 41.8. The second-order valence-electron chi connectivity index (χ2n) is 6.64. The number of ketones is 1. The summed E-state index contributed by atoms with van der Waals surface area (Å²) in [6, 6.07) is 13.2. The molecule has 3 aromatic rings. The third kappa shape index (κ3) is 3.79. The zero-order chi connectivity index (χ0) is 20.5. The Morgan fingerprint density at radius 3 is 2.69 bits per heavy atom. The van der Waals surface area contributed by atoms with Crippen LogP contribution in [0.2, 0.25) is 0 Å². The molecule has 2 amide bonds. The predicted octanol–water partition coefficient (Wildman–Crippen LogP) is 4.22. The van der Waals surface area contributed by atoms with Crippen LogP contribution in [0.25, 0.3) is 11.3 Å². The summed E-state index contributed by atoms with van der Waals surface area (Å²) in [5.41, 5.74) is 2.10. The average Bonchev–Trinajstić information content (AvgIpc) is 3.11. The Labute approximate surface area is 169 Å². The van der Waals surface area contributed by atoms with Crippen molar-refractivity contribution in [2.45, 2.75) is 19.3 Å². The highest BCUT2D eigenvalue weighted by atomic mass is 32.1. The van der Waals surface area contributed by atoms with Gasteiger partial charge in [-0.15, -0.1) is 0 Å². The number of nitrogens with one attached hydrogen (secondary N) is 2. The highest BCUT2D eigenvalue weighted by Crippen LogP contribution is 2.35. The number of benzene rings is 2. The molecule has 0 radical (unpaired) electrons. The van der Waals surface area contributed by atoms with E-state index in [0.717, 1.165) is 16.9 Å². The molecular weight excluding hydrogens is 393 g/mol. The molecule has 0 unspecified atom stereocenters. The highest BCUT2D eigenvalue weighted by Gasteiger charge is 2.31. The van der Waals surface area contributed by atoms with Gasteiger partial charge in [0.25, 0.3) is 0 Å². The fraction of sp³-hybridized carbons (Fsp3) is 0.143. The van der Waals surface area contributed by atoms with E-state index in [0.29, 0.717) is 16.1 Å². The predicted molar refractivity (Wildman–Crippen MR) is 109 cm³/mol. The number of aromatic nitrogens is 1. The van der Waals surface area contributed by atoms with Crippen LogP contribution in [-0.2, 0) is 9.59 Å². The van der Waals surface area contributed by atoms with Crippen LogP contribution in [0.1, 0.15) is 34.5 Å². The third-order valence-corrected chi connectivity index (χ3v) is 5.67. The minimum Gasteiger partial charge on any atom is -0.326 e. The average molecular weight is 409 g/mol. The SMILES string of the molecule is CC(=O)c1sc(NC(=O)[C@H]2CC(=O)Nc3cc(F)ccc32)nc1-c1ccccc1. The number of carbonyl (C=O) groups excluding carboxylic acids is 3. The molecule has 1 aromatic heterocycles. The number of hydrogen-bond donors (Lipinski definition) is 2. The monoisotopic (exact) mass is 409 g/mol. The number of Topliss-reactive ketones (excluding diaryl/α,β-unsaturated/α-hetero) is 1. The normalized spacial score (nSPS) is 15.4. The highest BCUT2D eigenvalue weighted by molar-refractivity contribution is 7.18. The minimum atomic E-state index is -0.774. The first-order valence-electron chi connectivity index (χ1n) is 8.89. The lowest BCUT2D eigenvalue weighted by atomic mass is 9.90. The van der Waals surface area contributed by atoms with Gasteiger partial charge in [-0.05, 0) is 17.7 Å². The van der Waals surface area contributed by atoms with Crippen molar-refractivity contribution in [2.75, 3.05) is 10.6 Å². The van der Waals surface area contributed by atoms with Crippen LogP contribution in [0.15, 0.2) is 48.5 Å². The molecule has 2 aromatic carbocycles. The van der Waals surface area contributed by atoms with E-state index in [4.69, 9.17) is 0 Å². The van der Waals surface area contributed by atoms with Crippen LogP contribution in [0.3, 0.4) is 0 Å². The van der Waals surface area contributed by atoms with Gasteiger partial charge >= 0.3 is 0 Å². The van der Waals surface area contributed by atoms with Crippen molar-refractivity contribution >= 4 is 39.8 Å². The summed E-state index contributed by atoms with van der Waals surface area (Å²) in [5.74, 6) is -2.22. The van der Waals surface area contributed by atoms with Crippen LogP contribution in [-0.4, -0.2) is 22.6 Å². The molecule has 0 aliphatic carbocycles. The summed E-state index contributed by atoms with van der Waals surface area (Å²) in [5, 5.41) is 5.57. The molecule has 0 fully saturated rings. The van der Waals surface area contributed by atoms with E-state index in [1.807, 2.05) is 30.3 Å². The molecule has 2 N–H and O–H groups in total. The number of hydrogen-bond acceptors (Lipinski definition) is 5. The zero-order valence-electron chi connectivity index (χ0n) is 15.4. The molecule has 0 bridgehead atoms. The number of fused-ring (bicyclic) bond motifs is 1. The van der Waals surface area contributed by atoms with E-state index in [-0.39, 0.29) is 28.9 Å². The molecule has 146 valence electrons. The smallest absolute Gasteiger partial charge is 0.234 e. The van der Waals surface area contributed by atoms with Gasteiger partial charge in [-0.2, -0.15) is 0 Å². The summed E-state index contributed by atoms with van der Waals surface area (Å²) in [7, 11) is 0. The maximum atomic E-state index is 13.5. The number of anilines is 2. The first-order chi connectivity index (χ1) is 13.9. The quantitative estimate of drug-likeness (QED) is 0.632. The van der Waals surface area contributed by atoms with Crippen LogP contribution in [0.4, 0.5) is 15.2 Å². The van der Waals surface area contributed by atoms with Gasteiger partial charge < -0.3 is 10.6 Å². The van der Waals surface area contributed by atoms with Gasteiger partial charge in [-0.25, -0.2) is 9.37 Å². The van der Waals surface area contributed by atoms with Gasteiger partial charge in [0.05, 0.1) is 16.5 Å². The largest absolute Gasteiger partial charge is 0.326 e. The van der Waals surface area contributed by atoms with Crippen LogP contribution >= 0.6 is 11.3 Å². The second-order valence-corrected chi connectivity index (χ2v) is 7.64. The summed E-state index contributed by atoms with van der Waals surface area (Å²) in [6.45, 7) is 1.45. The Morgan fingerprint density at radius 2 is 1.97 bits per heavy atom. The lowest BCUT2D eigenvalue weighted by Crippen LogP contribution is -2.30. The minimum absolute atomic E-state index is 0.0546. The van der Waals surface area contributed by atoms with Gasteiger partial charge in [0.15, 0.2) is 10.9 Å². The molecule has 2 heterocycles. The number of thiazole rings is 1. The van der Waals surface area contributed by atoms with E-state index in [9.17, 15) is 18.8 Å². The van der Waals surface area contributed by atoms with E-state index in [1.165, 1.54) is 25.1 Å². The van der Waals surface area contributed by atoms with Crippen molar-refractivity contribution < 1.29 is 18.8 Å². The molecule has 0 saturated heterocycles. The number of nitrogens with zero attached hydrogens (tertiary/aromatic N) is 1. The second kappa shape index (κ2) is 7.56. The fourth-order valence-corrected chi connectivity index (χ4v) is 4.15. The van der Waals surface area contributed by atoms with Crippen molar-refractivity contribution in [1.82, 2.24) is 4.98 Å². The molecule has 1 aliphatic rings. The van der Waals surface area contributed by atoms with Gasteiger partial charge in [0.1, 0.15) is 5.82 Å². The summed E-state index contributed by atoms with van der Waals surface area (Å²) >= 11 is 1.09. The van der Waals surface area contributed by atoms with Crippen molar-refractivity contribution in [3.63, 3.8) is 0 Å². The third-order valence-electron chi connectivity index (χ3n) is 4.60. The number of carbonyl (C=O) groups is 3. The van der Waals surface area contributed by atoms with E-state index >= 15 is 0 Å². The molecule has 1 atom stereocenters. The molecule has 29 heavy (non-hydrogen) atoms. The van der Waals surface area contributed by atoms with Gasteiger partial charge in [-0.3, -0.25) is 14.4 Å². The molecule has 0 spiro atoms. The zero-order valence-corrected chi connectivity index (χ0v) is 16.2. The molecule has 8 heteroatoms. The first-order valence-corrected chi connectivity index (χ1v) is 9.71. The Bertz CT molecular complexity index is 1130. The van der Waals surface area contributed by atoms with E-state index in [1.54, 1.807) is 0 Å². The van der Waals surface area contributed by atoms with E-state index in [2.05, 4.69) is 15.6 Å². The van der Waals surface area contributed by atoms with Crippen molar-refractivity contribution in [1.29, 1.82) is 0 Å². The lowest BCUT2D eigenvalue weighted by molar-refractivity contribution is -0.123. The summed E-state index contributed by atoms with van der Waals surface area (Å²) in [6.07, 6.45) is -0.0546. The van der Waals surface area contributed by atoms with Crippen molar-refractivity contribution in [3.8, 4) is 11.3 Å². The van der Waals surface area contributed by atoms with Crippen LogP contribution < -0.4 is 10.6 Å². The molecule has 0 saturated carbocycles. The molecule has 4 rings (SSSR count). The molecule has 6 nitrogen and oxygen atoms in total. The van der Waals surface area contributed by atoms with Gasteiger partial charge in [0.2, 0.25) is 11.8 Å². The molecular formula is C21H16FN3O3S. The van der Waals surface area contributed by atoms with Gasteiger partial charge in [-0.1, -0.05) is 47.7 Å². The van der Waals surface area contributed by atoms with Crippen LogP contribution in [0, 0.1) is 5.82 Å². The standard InChI is InChI=1S/C21H16FN3O3S/c1-11(26)19-18(12-5-3-2-4-6-12)24-21(29-19)25-20(28)15-10-17(27)23-16-9-13(22)7-8-14(15)16/h2-9,15H,10H2,1H3,(H,23,27)(H,24,25,28)/t15-/m0/s1. The first kappa shape index (κ1) is 18.9. The van der Waals surface area contributed by atoms with Crippen molar-refractivity contribution in [3.05, 3.63) is 64.8 Å². The Kier molecular flexibility index (Phi) is 4.94. The fourth-order valence-electron chi connectivity index (χ4n) is 3.27. The van der Waals surface area contributed by atoms with E-state index < -0.39 is 17.6 Å². The maximum absolute atomic E-state index is 13.5. The lowest BCUT2D eigenvalue weighted by Gasteiger charge is -2.24. The van der Waals surface area contributed by atoms with Crippen LogP contribution in [0.5, 0.6) is 0 Å². The summed E-state index contributed by atoms with van der Waals surface area (Å²) < 4.78 is 13.5.